The zero-order chi connectivity index (χ0) is 42.8. The molecule has 0 bridgehead atoms. The second kappa shape index (κ2) is 17.4. The number of ether oxygens (including phenoxy) is 1. The number of phenolic OH excluding ortho intramolecular Hbond substituents is 1. The maximum absolute atomic E-state index is 14.1. The van der Waals surface area contributed by atoms with Crippen LogP contribution in [0.4, 0.5) is 60.1 Å². The van der Waals surface area contributed by atoms with Gasteiger partial charge < -0.3 is 9.90 Å². The maximum atomic E-state index is 14.1. The summed E-state index contributed by atoms with van der Waals surface area (Å²) >= 11 is -20.5. The van der Waals surface area contributed by atoms with Crippen LogP contribution in [0.5, 0.6) is 11.5 Å². The number of phenols is 1. The van der Waals surface area contributed by atoms with Gasteiger partial charge in [0.2, 0.25) is 5.75 Å². The Morgan fingerprint density at radius 3 is 1.55 bits per heavy atom. The molecule has 0 aliphatic heterocycles. The number of alkyl halides is 2. The Hall–Kier alpha value is -2.77. The summed E-state index contributed by atoms with van der Waals surface area (Å²) in [4.78, 5) is 9.31. The van der Waals surface area contributed by atoms with Crippen molar-refractivity contribution < 1.29 is 74.7 Å². The number of hydrogen-bond acceptors (Lipinski definition) is 3. The van der Waals surface area contributed by atoms with Crippen LogP contribution in [0.1, 0.15) is 23.6 Å². The summed E-state index contributed by atoms with van der Waals surface area (Å²) in [5.41, 5.74) is 1.10. The SMILES string of the molecule is CC(=[OH+])Oc1ccc(SCC(F)(F)c2cc(F)c(F)c(F)c2F)cc1.Oc1ccc(C[SH+]Cc2ccccc2)cc1.[F][Sb-]([F])([F])([F])([F])[F].[F][Sb-]([F])([F])([F])([F])[F]. The van der Waals surface area contributed by atoms with Crippen LogP contribution in [-0.4, -0.2) is 60.6 Å². The van der Waals surface area contributed by atoms with E-state index in [2.05, 4.69) is 24.3 Å². The van der Waals surface area contributed by atoms with Crippen LogP contribution in [0, 0.1) is 23.3 Å². The van der Waals surface area contributed by atoms with Gasteiger partial charge in [-0.15, -0.1) is 11.8 Å². The number of aromatic hydroxyl groups is 1. The van der Waals surface area contributed by atoms with E-state index < -0.39 is 79.5 Å². The third-order valence-electron chi connectivity index (χ3n) is 5.37. The molecule has 4 rings (SSSR count). The number of rotatable bonds is 9. The molecule has 0 saturated heterocycles. The Labute approximate surface area is 312 Å². The van der Waals surface area contributed by atoms with E-state index in [4.69, 9.17) is 14.6 Å². The van der Waals surface area contributed by atoms with Gasteiger partial charge >= 0.3 is 78.7 Å². The summed E-state index contributed by atoms with van der Waals surface area (Å²) in [7, 11) is 0. The van der Waals surface area contributed by atoms with E-state index >= 15 is 0 Å². The Balaban J connectivity index is 0.000000427. The fourth-order valence-corrected chi connectivity index (χ4v) is 5.25. The normalized spacial score (nSPS) is 14.1. The van der Waals surface area contributed by atoms with E-state index in [1.165, 1.54) is 54.1 Å². The quantitative estimate of drug-likeness (QED) is 0.0209. The van der Waals surface area contributed by atoms with Gasteiger partial charge in [-0.2, -0.15) is 0 Å². The predicted octanol–water partition coefficient (Wildman–Crippen LogP) is 12.2. The van der Waals surface area contributed by atoms with Crippen molar-refractivity contribution in [1.29, 1.82) is 0 Å². The number of thioether (sulfide) groups is 1. The van der Waals surface area contributed by atoms with E-state index in [9.17, 15) is 60.1 Å². The van der Waals surface area contributed by atoms with Gasteiger partial charge in [-0.25, -0.2) is 26.3 Å². The molecule has 0 amide bonds. The van der Waals surface area contributed by atoms with Crippen LogP contribution in [0.2, 0.25) is 0 Å². The first kappa shape index (κ1) is 50.2. The van der Waals surface area contributed by atoms with Crippen LogP contribution in [0.25, 0.3) is 0 Å². The number of thiol groups is 1. The number of carbonyl (C=O) groups excluding carboxylic acids is 1. The molecule has 25 heteroatoms. The first-order valence-corrected chi connectivity index (χ1v) is 27.9. The van der Waals surface area contributed by atoms with Gasteiger partial charge in [0.05, 0.1) is 18.2 Å². The molecular formula is C30H26F18O3S2Sb2. The van der Waals surface area contributed by atoms with Crippen LogP contribution in [0.3, 0.4) is 0 Å². The van der Waals surface area contributed by atoms with E-state index in [0.717, 1.165) is 11.5 Å². The van der Waals surface area contributed by atoms with Crippen molar-refractivity contribution in [3.05, 3.63) is 125 Å². The number of halogens is 18. The first-order valence-electron chi connectivity index (χ1n) is 14.1. The zero-order valence-electron chi connectivity index (χ0n) is 27.1. The average Bonchev–Trinajstić information content (AvgIpc) is 3.00. The van der Waals surface area contributed by atoms with E-state index in [1.807, 2.05) is 18.2 Å². The molecule has 0 aliphatic carbocycles. The number of esters is 1. The zero-order valence-corrected chi connectivity index (χ0v) is 33.9. The van der Waals surface area contributed by atoms with Gasteiger partial charge in [0.1, 0.15) is 17.3 Å². The molecule has 312 valence electrons. The van der Waals surface area contributed by atoms with Gasteiger partial charge in [0, 0.05) is 28.2 Å². The summed E-state index contributed by atoms with van der Waals surface area (Å²) in [6.45, 7) is 1.30. The topological polar surface area (TPSA) is 50.9 Å². The second-order valence-corrected chi connectivity index (χ2v) is 23.6. The van der Waals surface area contributed by atoms with Gasteiger partial charge in [-0.3, -0.25) is 4.74 Å². The molecule has 0 aliphatic rings. The van der Waals surface area contributed by atoms with Crippen molar-refractivity contribution in [3.8, 4) is 11.5 Å². The van der Waals surface area contributed by atoms with Crippen molar-refractivity contribution >= 4 is 68.4 Å². The summed E-state index contributed by atoms with van der Waals surface area (Å²) < 4.78 is 205. The number of benzene rings is 4. The van der Waals surface area contributed by atoms with Gasteiger partial charge in [-0.1, -0.05) is 42.5 Å². The molecule has 4 aromatic carbocycles. The molecule has 4 aromatic rings. The predicted molar refractivity (Wildman–Crippen MR) is 176 cm³/mol. The second-order valence-electron chi connectivity index (χ2n) is 10.5. The van der Waals surface area contributed by atoms with Crippen molar-refractivity contribution in [2.24, 2.45) is 0 Å². The molecule has 0 spiro atoms. The van der Waals surface area contributed by atoms with Crippen molar-refractivity contribution in [2.45, 2.75) is 29.2 Å². The first-order chi connectivity index (χ1) is 24.4. The molecule has 0 heterocycles. The molecule has 0 unspecified atom stereocenters. The van der Waals surface area contributed by atoms with Gasteiger partial charge in [-0.05, 0) is 42.1 Å². The standard InChI is InChI=1S/C16H10F6O2S.C14H14OS.12FH.2Sb/c1-8(23)24-9-2-4-10(5-3-9)25-7-16(21,22)11-6-12(17)14(19)15(20)13(11)18;15-14-8-6-13(7-9-14)11-16-10-12-4-2-1-3-5-12;;;;;;;;;;;;;;/h2-6H,7H2,1H3;1-9,15H,10-11H2;12*1H;;/q;;;;;;;;;;;;;;2*+5/p-10. The van der Waals surface area contributed by atoms with Gasteiger partial charge in [0.25, 0.3) is 5.92 Å². The Bertz CT molecular complexity index is 1830. The minimum atomic E-state index is -11.2. The summed E-state index contributed by atoms with van der Waals surface area (Å²) in [5, 5.41) is 9.16. The average molecular weight is 1080 g/mol. The number of hydrogen-bond donors (Lipinski definition) is 1. The molecule has 55 heavy (non-hydrogen) atoms. The van der Waals surface area contributed by atoms with Crippen molar-refractivity contribution in [1.82, 2.24) is 0 Å². The van der Waals surface area contributed by atoms with Crippen LogP contribution in [-0.2, 0) is 29.2 Å². The molecule has 0 radical (unpaired) electrons. The molecule has 0 aromatic heterocycles. The van der Waals surface area contributed by atoms with Crippen LogP contribution >= 0.6 is 11.8 Å². The van der Waals surface area contributed by atoms with Gasteiger partial charge in [0.15, 0.2) is 23.3 Å². The third-order valence-corrected chi connectivity index (χ3v) is 7.66. The fourth-order valence-electron chi connectivity index (χ4n) is 3.36. The molecule has 3 nitrogen and oxygen atoms in total. The van der Waals surface area contributed by atoms with Crippen LogP contribution in [0.15, 0.2) is 89.8 Å². The third kappa shape index (κ3) is 27.5. The molecule has 0 fully saturated rings. The van der Waals surface area contributed by atoms with E-state index in [0.29, 0.717) is 22.4 Å². The van der Waals surface area contributed by atoms with Crippen molar-refractivity contribution in [3.63, 3.8) is 0 Å². The monoisotopic (exact) mass is 1080 g/mol. The molecular weight excluding hydrogens is 1060 g/mol. The minimum absolute atomic E-state index is 0.0505. The Morgan fingerprint density at radius 1 is 0.673 bits per heavy atom. The fraction of sp³-hybridized carbons (Fsp3) is 0.167. The molecule has 0 atom stereocenters. The summed E-state index contributed by atoms with van der Waals surface area (Å²) in [5.74, 6) is -11.0. The van der Waals surface area contributed by atoms with E-state index in [-0.39, 0.29) is 17.8 Å². The van der Waals surface area contributed by atoms with Crippen LogP contribution < -0.4 is 4.74 Å². The molecule has 0 saturated carbocycles. The summed E-state index contributed by atoms with van der Waals surface area (Å²) in [6.07, 6.45) is 0. The van der Waals surface area contributed by atoms with Crippen molar-refractivity contribution in [2.75, 3.05) is 5.75 Å². The molecule has 2 N–H and O–H groups in total. The summed E-state index contributed by atoms with van der Waals surface area (Å²) in [6, 6.07) is 23.5. The Kier molecular flexibility index (Phi) is 15.9. The Morgan fingerprint density at radius 2 is 1.11 bits per heavy atom. The van der Waals surface area contributed by atoms with E-state index in [1.54, 1.807) is 12.1 Å².